The van der Waals surface area contributed by atoms with Crippen molar-refractivity contribution in [1.29, 1.82) is 0 Å². The highest BCUT2D eigenvalue weighted by Gasteiger charge is 2.16. The van der Waals surface area contributed by atoms with Gasteiger partial charge in [0.05, 0.1) is 0 Å². The van der Waals surface area contributed by atoms with Gasteiger partial charge in [-0.15, -0.1) is 0 Å². The second-order valence-corrected chi connectivity index (χ2v) is 5.02. The zero-order valence-corrected chi connectivity index (χ0v) is 9.23. The molecule has 1 unspecified atom stereocenters. The van der Waals surface area contributed by atoms with Gasteiger partial charge in [0.2, 0.25) is 0 Å². The molecule has 14 heavy (non-hydrogen) atoms. The van der Waals surface area contributed by atoms with Crippen molar-refractivity contribution in [2.75, 3.05) is 26.2 Å². The fraction of sp³-hybridized carbons (Fsp3) is 1.00. The van der Waals surface area contributed by atoms with Gasteiger partial charge in [0, 0.05) is 0 Å². The highest BCUT2D eigenvalue weighted by Crippen LogP contribution is 2.23. The Kier molecular flexibility index (Phi) is 4.26. The molecule has 1 saturated heterocycles. The van der Waals surface area contributed by atoms with Crippen molar-refractivity contribution in [3.63, 3.8) is 0 Å². The van der Waals surface area contributed by atoms with Crippen molar-refractivity contribution in [2.24, 2.45) is 11.8 Å². The van der Waals surface area contributed by atoms with E-state index in [1.807, 2.05) is 0 Å². The monoisotopic (exact) mass is 196 g/mol. The Hall–Kier alpha value is -0.0800. The molecule has 2 rings (SSSR count). The molecule has 1 aliphatic carbocycles. The van der Waals surface area contributed by atoms with Gasteiger partial charge in [-0.25, -0.2) is 0 Å². The van der Waals surface area contributed by atoms with Gasteiger partial charge in [-0.05, 0) is 63.7 Å². The second kappa shape index (κ2) is 5.72. The van der Waals surface area contributed by atoms with Crippen molar-refractivity contribution < 1.29 is 0 Å². The minimum atomic E-state index is 0.894. The summed E-state index contributed by atoms with van der Waals surface area (Å²) in [5.41, 5.74) is 0. The maximum absolute atomic E-state index is 3.66. The summed E-state index contributed by atoms with van der Waals surface area (Å²) in [6.45, 7) is 4.98. The third-order valence-corrected chi connectivity index (χ3v) is 3.74. The van der Waals surface area contributed by atoms with E-state index in [0.29, 0.717) is 0 Å². The van der Waals surface area contributed by atoms with Crippen LogP contribution in [-0.2, 0) is 0 Å². The predicted octanol–water partition coefficient (Wildman–Crippen LogP) is 1.77. The largest absolute Gasteiger partial charge is 0.316 e. The first kappa shape index (κ1) is 10.4. The SMILES string of the molecule is C1CCC(CNCC2CCCNC2)C1. The quantitative estimate of drug-likeness (QED) is 0.716. The number of piperidine rings is 1. The van der Waals surface area contributed by atoms with Crippen LogP contribution in [0.4, 0.5) is 0 Å². The van der Waals surface area contributed by atoms with Crippen LogP contribution in [-0.4, -0.2) is 26.2 Å². The van der Waals surface area contributed by atoms with E-state index in [4.69, 9.17) is 0 Å². The Morgan fingerprint density at radius 2 is 1.64 bits per heavy atom. The van der Waals surface area contributed by atoms with E-state index < -0.39 is 0 Å². The second-order valence-electron chi connectivity index (χ2n) is 5.02. The lowest BCUT2D eigenvalue weighted by molar-refractivity contribution is 0.348. The zero-order chi connectivity index (χ0) is 9.64. The summed E-state index contributed by atoms with van der Waals surface area (Å²) in [6, 6.07) is 0. The number of hydrogen-bond acceptors (Lipinski definition) is 2. The van der Waals surface area contributed by atoms with Crippen LogP contribution in [0.15, 0.2) is 0 Å². The zero-order valence-electron chi connectivity index (χ0n) is 9.23. The van der Waals surface area contributed by atoms with E-state index in [2.05, 4.69) is 10.6 Å². The molecule has 1 atom stereocenters. The summed E-state index contributed by atoms with van der Waals surface area (Å²) in [5, 5.41) is 7.13. The molecule has 0 spiro atoms. The third-order valence-electron chi connectivity index (χ3n) is 3.74. The van der Waals surface area contributed by atoms with Crippen LogP contribution in [0.5, 0.6) is 0 Å². The van der Waals surface area contributed by atoms with Crippen LogP contribution in [0.1, 0.15) is 38.5 Å². The van der Waals surface area contributed by atoms with Crippen LogP contribution in [0.3, 0.4) is 0 Å². The number of nitrogens with one attached hydrogen (secondary N) is 2. The number of hydrogen-bond donors (Lipinski definition) is 2. The molecule has 1 aliphatic heterocycles. The van der Waals surface area contributed by atoms with Crippen molar-refractivity contribution >= 4 is 0 Å². The van der Waals surface area contributed by atoms with Crippen LogP contribution in [0.2, 0.25) is 0 Å². The van der Waals surface area contributed by atoms with E-state index >= 15 is 0 Å². The standard InChI is InChI=1S/C12H24N2/c1-2-5-11(4-1)8-14-10-12-6-3-7-13-9-12/h11-14H,1-10H2. The van der Waals surface area contributed by atoms with Crippen LogP contribution < -0.4 is 10.6 Å². The lowest BCUT2D eigenvalue weighted by Crippen LogP contribution is -2.37. The summed E-state index contributed by atoms with van der Waals surface area (Å²) in [5.74, 6) is 1.89. The molecular formula is C12H24N2. The first-order valence-corrected chi connectivity index (χ1v) is 6.36. The van der Waals surface area contributed by atoms with Crippen molar-refractivity contribution in [2.45, 2.75) is 38.5 Å². The number of rotatable bonds is 4. The molecule has 82 valence electrons. The topological polar surface area (TPSA) is 24.1 Å². The molecule has 0 amide bonds. The van der Waals surface area contributed by atoms with E-state index in [1.165, 1.54) is 64.7 Å². The molecule has 1 heterocycles. The smallest absolute Gasteiger partial charge is 0.000826 e. The Bertz CT molecular complexity index is 146. The molecule has 2 heteroatoms. The summed E-state index contributed by atoms with van der Waals surface area (Å²) >= 11 is 0. The predicted molar refractivity (Wildman–Crippen MR) is 60.4 cm³/mol. The molecule has 2 aliphatic rings. The first-order chi connectivity index (χ1) is 6.95. The molecule has 0 radical (unpaired) electrons. The average Bonchev–Trinajstić information content (AvgIpc) is 2.72. The Morgan fingerprint density at radius 1 is 0.929 bits per heavy atom. The van der Waals surface area contributed by atoms with Crippen LogP contribution in [0.25, 0.3) is 0 Å². The van der Waals surface area contributed by atoms with E-state index in [0.717, 1.165) is 11.8 Å². The molecule has 0 aromatic carbocycles. The van der Waals surface area contributed by atoms with Crippen LogP contribution >= 0.6 is 0 Å². The molecule has 0 bridgehead atoms. The maximum atomic E-state index is 3.66. The summed E-state index contributed by atoms with van der Waals surface area (Å²) in [6.07, 6.45) is 8.67. The molecule has 0 aromatic rings. The van der Waals surface area contributed by atoms with Gasteiger partial charge in [-0.3, -0.25) is 0 Å². The lowest BCUT2D eigenvalue weighted by Gasteiger charge is -2.23. The average molecular weight is 196 g/mol. The Labute approximate surface area is 87.8 Å². The van der Waals surface area contributed by atoms with Gasteiger partial charge < -0.3 is 10.6 Å². The highest BCUT2D eigenvalue weighted by atomic mass is 14.9. The molecule has 2 N–H and O–H groups in total. The van der Waals surface area contributed by atoms with E-state index in [9.17, 15) is 0 Å². The summed E-state index contributed by atoms with van der Waals surface area (Å²) in [7, 11) is 0. The third kappa shape index (κ3) is 3.25. The summed E-state index contributed by atoms with van der Waals surface area (Å²) in [4.78, 5) is 0. The van der Waals surface area contributed by atoms with Gasteiger partial charge in [0.25, 0.3) is 0 Å². The van der Waals surface area contributed by atoms with Gasteiger partial charge in [-0.2, -0.15) is 0 Å². The molecule has 0 aromatic heterocycles. The molecule has 2 nitrogen and oxygen atoms in total. The van der Waals surface area contributed by atoms with Gasteiger partial charge >= 0.3 is 0 Å². The molecule has 2 fully saturated rings. The van der Waals surface area contributed by atoms with Gasteiger partial charge in [0.1, 0.15) is 0 Å². The van der Waals surface area contributed by atoms with Gasteiger partial charge in [0.15, 0.2) is 0 Å². The molecular weight excluding hydrogens is 172 g/mol. The highest BCUT2D eigenvalue weighted by molar-refractivity contribution is 4.74. The van der Waals surface area contributed by atoms with Crippen molar-refractivity contribution in [1.82, 2.24) is 10.6 Å². The normalized spacial score (nSPS) is 29.6. The minimum absolute atomic E-state index is 0.894. The minimum Gasteiger partial charge on any atom is -0.316 e. The van der Waals surface area contributed by atoms with Crippen molar-refractivity contribution in [3.05, 3.63) is 0 Å². The molecule has 1 saturated carbocycles. The Balaban J connectivity index is 1.52. The summed E-state index contributed by atoms with van der Waals surface area (Å²) < 4.78 is 0. The Morgan fingerprint density at radius 3 is 2.36 bits per heavy atom. The fourth-order valence-electron chi connectivity index (χ4n) is 2.80. The van der Waals surface area contributed by atoms with Crippen molar-refractivity contribution in [3.8, 4) is 0 Å². The maximum Gasteiger partial charge on any atom is -0.000826 e. The fourth-order valence-corrected chi connectivity index (χ4v) is 2.80. The van der Waals surface area contributed by atoms with E-state index in [1.54, 1.807) is 0 Å². The van der Waals surface area contributed by atoms with E-state index in [-0.39, 0.29) is 0 Å². The first-order valence-electron chi connectivity index (χ1n) is 6.36. The van der Waals surface area contributed by atoms with Crippen LogP contribution in [0, 0.1) is 11.8 Å². The lowest BCUT2D eigenvalue weighted by atomic mass is 9.99. The van der Waals surface area contributed by atoms with Gasteiger partial charge in [-0.1, -0.05) is 12.8 Å².